The zero-order valence-corrected chi connectivity index (χ0v) is 13.3. The molecule has 0 bridgehead atoms. The molecule has 1 aromatic heterocycles. The first-order chi connectivity index (χ1) is 9.52. The number of rotatable bonds is 5. The van der Waals surface area contributed by atoms with Crippen LogP contribution < -0.4 is 16.0 Å². The SMILES string of the molecule is CCCC1CCN(c2snc(N)c2C(=O)NC(C)C)C1. The highest BCUT2D eigenvalue weighted by Crippen LogP contribution is 2.35. The Hall–Kier alpha value is -1.30. The van der Waals surface area contributed by atoms with Crippen LogP contribution in [0.15, 0.2) is 0 Å². The van der Waals surface area contributed by atoms with Crippen molar-refractivity contribution in [3.05, 3.63) is 5.56 Å². The fourth-order valence-corrected chi connectivity index (χ4v) is 3.56. The summed E-state index contributed by atoms with van der Waals surface area (Å²) in [7, 11) is 0. The topological polar surface area (TPSA) is 71.2 Å². The first-order valence-corrected chi connectivity index (χ1v) is 8.11. The van der Waals surface area contributed by atoms with Gasteiger partial charge in [0, 0.05) is 19.1 Å². The number of carbonyl (C=O) groups is 1. The van der Waals surface area contributed by atoms with E-state index < -0.39 is 0 Å². The molecule has 112 valence electrons. The molecule has 1 unspecified atom stereocenters. The lowest BCUT2D eigenvalue weighted by atomic mass is 10.0. The highest BCUT2D eigenvalue weighted by Gasteiger charge is 2.29. The van der Waals surface area contributed by atoms with Gasteiger partial charge in [-0.3, -0.25) is 4.79 Å². The Morgan fingerprint density at radius 2 is 2.35 bits per heavy atom. The van der Waals surface area contributed by atoms with Crippen molar-refractivity contribution in [1.29, 1.82) is 0 Å². The Bertz CT molecular complexity index is 472. The second-order valence-corrected chi connectivity index (χ2v) is 6.52. The average molecular weight is 296 g/mol. The Kier molecular flexibility index (Phi) is 4.86. The highest BCUT2D eigenvalue weighted by atomic mass is 32.1. The van der Waals surface area contributed by atoms with Crippen molar-refractivity contribution in [3.63, 3.8) is 0 Å². The summed E-state index contributed by atoms with van der Waals surface area (Å²) in [6, 6.07) is 0.0982. The largest absolute Gasteiger partial charge is 0.382 e. The second-order valence-electron chi connectivity index (χ2n) is 5.77. The number of amides is 1. The van der Waals surface area contributed by atoms with E-state index in [1.165, 1.54) is 30.8 Å². The van der Waals surface area contributed by atoms with Crippen molar-refractivity contribution >= 4 is 28.3 Å². The van der Waals surface area contributed by atoms with Crippen molar-refractivity contribution < 1.29 is 4.79 Å². The molecule has 1 saturated heterocycles. The minimum atomic E-state index is -0.111. The molecule has 1 aliphatic heterocycles. The van der Waals surface area contributed by atoms with Crippen LogP contribution >= 0.6 is 11.5 Å². The lowest BCUT2D eigenvalue weighted by molar-refractivity contribution is 0.0945. The van der Waals surface area contributed by atoms with E-state index in [4.69, 9.17) is 5.73 Å². The number of nitrogens with zero attached hydrogens (tertiary/aromatic N) is 2. The monoisotopic (exact) mass is 296 g/mol. The van der Waals surface area contributed by atoms with Gasteiger partial charge < -0.3 is 16.0 Å². The van der Waals surface area contributed by atoms with Crippen LogP contribution in [-0.2, 0) is 0 Å². The van der Waals surface area contributed by atoms with Gasteiger partial charge in [-0.25, -0.2) is 0 Å². The Morgan fingerprint density at radius 3 is 3.00 bits per heavy atom. The van der Waals surface area contributed by atoms with Crippen LogP contribution in [-0.4, -0.2) is 29.4 Å². The molecule has 2 heterocycles. The zero-order valence-electron chi connectivity index (χ0n) is 12.5. The van der Waals surface area contributed by atoms with Crippen LogP contribution in [0.4, 0.5) is 10.8 Å². The number of hydrogen-bond acceptors (Lipinski definition) is 5. The molecule has 3 N–H and O–H groups in total. The Morgan fingerprint density at radius 1 is 1.60 bits per heavy atom. The van der Waals surface area contributed by atoms with E-state index in [1.807, 2.05) is 13.8 Å². The van der Waals surface area contributed by atoms with Gasteiger partial charge in [0.2, 0.25) is 0 Å². The molecule has 0 aromatic carbocycles. The average Bonchev–Trinajstić information content (AvgIpc) is 2.95. The fraction of sp³-hybridized carbons (Fsp3) is 0.714. The summed E-state index contributed by atoms with van der Waals surface area (Å²) in [5.74, 6) is 0.964. The van der Waals surface area contributed by atoms with Crippen molar-refractivity contribution in [2.24, 2.45) is 5.92 Å². The zero-order chi connectivity index (χ0) is 14.7. The van der Waals surface area contributed by atoms with Gasteiger partial charge in [-0.15, -0.1) is 0 Å². The molecule has 6 heteroatoms. The molecule has 5 nitrogen and oxygen atoms in total. The molecule has 1 fully saturated rings. The van der Waals surface area contributed by atoms with E-state index in [0.717, 1.165) is 24.0 Å². The maximum Gasteiger partial charge on any atom is 0.258 e. The van der Waals surface area contributed by atoms with Gasteiger partial charge in [0.1, 0.15) is 10.6 Å². The normalized spacial score (nSPS) is 18.8. The summed E-state index contributed by atoms with van der Waals surface area (Å²) < 4.78 is 4.18. The van der Waals surface area contributed by atoms with Gasteiger partial charge in [-0.05, 0) is 44.1 Å². The summed E-state index contributed by atoms with van der Waals surface area (Å²) in [6.45, 7) is 8.11. The van der Waals surface area contributed by atoms with E-state index in [2.05, 4.69) is 21.5 Å². The summed E-state index contributed by atoms with van der Waals surface area (Å²) in [5, 5.41) is 3.84. The van der Waals surface area contributed by atoms with Gasteiger partial charge in [0.25, 0.3) is 5.91 Å². The second kappa shape index (κ2) is 6.43. The number of nitrogens with one attached hydrogen (secondary N) is 1. The lowest BCUT2D eigenvalue weighted by Gasteiger charge is -2.18. The smallest absolute Gasteiger partial charge is 0.258 e. The molecule has 1 amide bonds. The van der Waals surface area contributed by atoms with Gasteiger partial charge in [-0.2, -0.15) is 4.37 Å². The molecule has 1 aliphatic rings. The molecular weight excluding hydrogens is 272 g/mol. The van der Waals surface area contributed by atoms with E-state index in [0.29, 0.717) is 11.4 Å². The lowest BCUT2D eigenvalue weighted by Crippen LogP contribution is -2.32. The van der Waals surface area contributed by atoms with Crippen LogP contribution in [0.1, 0.15) is 50.4 Å². The van der Waals surface area contributed by atoms with Crippen molar-refractivity contribution in [2.75, 3.05) is 23.7 Å². The van der Waals surface area contributed by atoms with Crippen LogP contribution in [0.25, 0.3) is 0 Å². The van der Waals surface area contributed by atoms with Crippen LogP contribution in [0.3, 0.4) is 0 Å². The Balaban J connectivity index is 2.15. The summed E-state index contributed by atoms with van der Waals surface area (Å²) in [4.78, 5) is 14.5. The molecule has 0 radical (unpaired) electrons. The molecule has 20 heavy (non-hydrogen) atoms. The minimum absolute atomic E-state index is 0.0982. The molecule has 1 atom stereocenters. The third-order valence-electron chi connectivity index (χ3n) is 3.62. The van der Waals surface area contributed by atoms with Crippen LogP contribution in [0.2, 0.25) is 0 Å². The fourth-order valence-electron chi connectivity index (χ4n) is 2.72. The first kappa shape index (κ1) is 15.1. The van der Waals surface area contributed by atoms with Gasteiger partial charge in [0.15, 0.2) is 5.82 Å². The number of hydrogen-bond donors (Lipinski definition) is 2. The molecule has 1 aromatic rings. The van der Waals surface area contributed by atoms with E-state index >= 15 is 0 Å². The predicted molar refractivity (Wildman–Crippen MR) is 84.4 cm³/mol. The van der Waals surface area contributed by atoms with Crippen molar-refractivity contribution in [3.8, 4) is 0 Å². The van der Waals surface area contributed by atoms with E-state index in [9.17, 15) is 4.79 Å². The quantitative estimate of drug-likeness (QED) is 0.875. The van der Waals surface area contributed by atoms with Crippen LogP contribution in [0.5, 0.6) is 0 Å². The van der Waals surface area contributed by atoms with Crippen LogP contribution in [0, 0.1) is 5.92 Å². The standard InChI is InChI=1S/C14H24N4OS/c1-4-5-10-6-7-18(8-10)14-11(12(15)17-20-14)13(19)16-9(2)3/h9-10H,4-8H2,1-3H3,(H2,15,17)(H,16,19). The molecule has 0 aliphatic carbocycles. The van der Waals surface area contributed by atoms with E-state index in [1.54, 1.807) is 0 Å². The first-order valence-electron chi connectivity index (χ1n) is 7.33. The maximum absolute atomic E-state index is 12.3. The number of carbonyl (C=O) groups excluding carboxylic acids is 1. The third kappa shape index (κ3) is 3.23. The predicted octanol–water partition coefficient (Wildman–Crippen LogP) is 2.49. The van der Waals surface area contributed by atoms with Gasteiger partial charge in [-0.1, -0.05) is 13.3 Å². The van der Waals surface area contributed by atoms with Gasteiger partial charge in [0.05, 0.1) is 0 Å². The number of nitrogen functional groups attached to an aromatic ring is 1. The number of aromatic nitrogens is 1. The van der Waals surface area contributed by atoms with Crippen molar-refractivity contribution in [2.45, 2.75) is 46.1 Å². The summed E-state index contributed by atoms with van der Waals surface area (Å²) in [6.07, 6.45) is 3.65. The molecule has 0 saturated carbocycles. The third-order valence-corrected chi connectivity index (χ3v) is 4.54. The number of nitrogens with two attached hydrogens (primary N) is 1. The minimum Gasteiger partial charge on any atom is -0.382 e. The molecular formula is C14H24N4OS. The van der Waals surface area contributed by atoms with Gasteiger partial charge >= 0.3 is 0 Å². The van der Waals surface area contributed by atoms with Crippen molar-refractivity contribution in [1.82, 2.24) is 9.69 Å². The molecule has 0 spiro atoms. The number of anilines is 2. The maximum atomic E-state index is 12.3. The Labute approximate surface area is 124 Å². The summed E-state index contributed by atoms with van der Waals surface area (Å²) >= 11 is 1.34. The summed E-state index contributed by atoms with van der Waals surface area (Å²) in [5.41, 5.74) is 6.45. The van der Waals surface area contributed by atoms with E-state index in [-0.39, 0.29) is 11.9 Å². The molecule has 2 rings (SSSR count). The highest BCUT2D eigenvalue weighted by molar-refractivity contribution is 7.11.